The van der Waals surface area contributed by atoms with Crippen LogP contribution in [0.1, 0.15) is 207 Å². The third kappa shape index (κ3) is 47.1. The Balaban J connectivity index is 4.54. The summed E-state index contributed by atoms with van der Waals surface area (Å²) in [5.74, 6) is -1.01. The van der Waals surface area contributed by atoms with E-state index in [0.29, 0.717) is 19.3 Å². The van der Waals surface area contributed by atoms with Gasteiger partial charge in [0.25, 0.3) is 0 Å². The molecule has 0 aliphatic rings. The molecule has 1 atom stereocenters. The highest BCUT2D eigenvalue weighted by Crippen LogP contribution is 2.12. The molecule has 0 aromatic heterocycles. The average Bonchev–Trinajstić information content (AvgIpc) is 3.27. The van der Waals surface area contributed by atoms with Crippen LogP contribution < -0.4 is 0 Å². The van der Waals surface area contributed by atoms with Crippen molar-refractivity contribution in [2.24, 2.45) is 0 Å². The maximum Gasteiger partial charge on any atom is 0.306 e. The Labute approximate surface area is 380 Å². The van der Waals surface area contributed by atoms with E-state index >= 15 is 0 Å². The van der Waals surface area contributed by atoms with Crippen LogP contribution in [0, 0.1) is 0 Å². The molecular weight excluding hydrogens is 769 g/mol. The Hall–Kier alpha value is -3.93. The normalized spacial score (nSPS) is 13.0. The largest absolute Gasteiger partial charge is 0.462 e. The molecule has 0 saturated heterocycles. The van der Waals surface area contributed by atoms with Gasteiger partial charge in [-0.25, -0.2) is 0 Å². The molecule has 0 aromatic rings. The third-order valence-electron chi connectivity index (χ3n) is 9.96. The molecule has 0 amide bonds. The van der Waals surface area contributed by atoms with Crippen LogP contribution in [0.2, 0.25) is 0 Å². The van der Waals surface area contributed by atoms with Crippen LogP contribution in [0.15, 0.2) is 109 Å². The summed E-state index contributed by atoms with van der Waals surface area (Å²) in [5.41, 5.74) is 0. The lowest BCUT2D eigenvalue weighted by Gasteiger charge is -2.18. The minimum Gasteiger partial charge on any atom is -0.462 e. The molecule has 62 heavy (non-hydrogen) atoms. The monoisotopic (exact) mass is 859 g/mol. The van der Waals surface area contributed by atoms with E-state index in [9.17, 15) is 14.4 Å². The third-order valence-corrected chi connectivity index (χ3v) is 9.96. The molecule has 0 saturated carbocycles. The summed E-state index contributed by atoms with van der Waals surface area (Å²) >= 11 is 0. The summed E-state index contributed by atoms with van der Waals surface area (Å²) in [7, 11) is 0. The van der Waals surface area contributed by atoms with Crippen LogP contribution in [-0.2, 0) is 28.6 Å². The number of carbonyl (C=O) groups is 3. The van der Waals surface area contributed by atoms with Gasteiger partial charge in [0, 0.05) is 19.3 Å². The van der Waals surface area contributed by atoms with E-state index in [4.69, 9.17) is 14.2 Å². The second kappa shape index (κ2) is 49.7. The van der Waals surface area contributed by atoms with Crippen LogP contribution >= 0.6 is 0 Å². The van der Waals surface area contributed by atoms with E-state index < -0.39 is 6.10 Å². The van der Waals surface area contributed by atoms with E-state index in [1.807, 2.05) is 0 Å². The van der Waals surface area contributed by atoms with Crippen molar-refractivity contribution >= 4 is 17.9 Å². The Morgan fingerprint density at radius 2 is 0.677 bits per heavy atom. The lowest BCUT2D eigenvalue weighted by Crippen LogP contribution is -2.30. The molecule has 1 unspecified atom stereocenters. The first-order valence-electron chi connectivity index (χ1n) is 24.9. The zero-order valence-corrected chi connectivity index (χ0v) is 39.8. The van der Waals surface area contributed by atoms with E-state index in [-0.39, 0.29) is 37.5 Å². The molecule has 0 aromatic carbocycles. The van der Waals surface area contributed by atoms with Crippen LogP contribution in [0.3, 0.4) is 0 Å². The first kappa shape index (κ1) is 58.1. The van der Waals surface area contributed by atoms with Crippen LogP contribution in [-0.4, -0.2) is 37.2 Å². The van der Waals surface area contributed by atoms with Crippen molar-refractivity contribution in [2.45, 2.75) is 213 Å². The fourth-order valence-corrected chi connectivity index (χ4v) is 6.24. The van der Waals surface area contributed by atoms with Gasteiger partial charge in [-0.1, -0.05) is 188 Å². The van der Waals surface area contributed by atoms with Crippen molar-refractivity contribution in [2.75, 3.05) is 13.2 Å². The lowest BCUT2D eigenvalue weighted by atomic mass is 10.1. The first-order chi connectivity index (χ1) is 30.5. The average molecular weight is 859 g/mol. The van der Waals surface area contributed by atoms with Crippen molar-refractivity contribution < 1.29 is 28.6 Å². The molecule has 0 rings (SSSR count). The highest BCUT2D eigenvalue weighted by atomic mass is 16.6. The quantitative estimate of drug-likeness (QED) is 0.0263. The summed E-state index contributed by atoms with van der Waals surface area (Å²) in [6, 6.07) is 0. The zero-order valence-electron chi connectivity index (χ0n) is 39.8. The molecule has 0 N–H and O–H groups in total. The minimum absolute atomic E-state index is 0.111. The predicted molar refractivity (Wildman–Crippen MR) is 265 cm³/mol. The van der Waals surface area contributed by atoms with Crippen molar-refractivity contribution in [3.8, 4) is 0 Å². The van der Waals surface area contributed by atoms with Crippen molar-refractivity contribution in [1.29, 1.82) is 0 Å². The highest BCUT2D eigenvalue weighted by Gasteiger charge is 2.19. The number of hydrogen-bond acceptors (Lipinski definition) is 6. The van der Waals surface area contributed by atoms with E-state index in [2.05, 4.69) is 130 Å². The van der Waals surface area contributed by atoms with Gasteiger partial charge in [-0.3, -0.25) is 14.4 Å². The molecule has 0 bridgehead atoms. The van der Waals surface area contributed by atoms with Gasteiger partial charge >= 0.3 is 17.9 Å². The number of ether oxygens (including phenoxy) is 3. The molecule has 0 aliphatic carbocycles. The molecular formula is C56H90O6. The number of rotatable bonds is 43. The predicted octanol–water partition coefficient (Wildman–Crippen LogP) is 16.4. The summed E-state index contributed by atoms with van der Waals surface area (Å²) < 4.78 is 16.7. The molecule has 0 spiro atoms. The molecule has 350 valence electrons. The van der Waals surface area contributed by atoms with Crippen LogP contribution in [0.5, 0.6) is 0 Å². The molecule has 0 aliphatic heterocycles. The van der Waals surface area contributed by atoms with Gasteiger partial charge in [0.1, 0.15) is 13.2 Å². The van der Waals surface area contributed by atoms with Crippen LogP contribution in [0.25, 0.3) is 0 Å². The maximum absolute atomic E-state index is 12.8. The first-order valence-corrected chi connectivity index (χ1v) is 24.9. The molecule has 0 heterocycles. The molecule has 6 nitrogen and oxygen atoms in total. The van der Waals surface area contributed by atoms with E-state index in [1.54, 1.807) is 0 Å². The number of unbranched alkanes of at least 4 members (excludes halogenated alkanes) is 14. The molecule has 0 radical (unpaired) electrons. The second-order valence-corrected chi connectivity index (χ2v) is 16.0. The topological polar surface area (TPSA) is 78.9 Å². The standard InChI is InChI=1S/C56H90O6/c1-4-7-10-13-16-19-22-25-27-28-29-32-34-37-40-43-46-49-55(58)61-52-53(51-60-54(57)48-45-42-39-36-33-30-24-21-18-15-12-9-6-3)62-56(59)50-47-44-41-38-35-31-26-23-20-17-14-11-8-5-2/h7,10,12,14-17,19,21,23-27,29,32,37,40,53H,4-6,8-9,11,13,18,20,22,28,30-31,33-36,38-39,41-52H2,1-3H3/b10-7-,15-12-,17-14-,19-16-,24-21-,26-23-,27-25-,32-29-,40-37-. The van der Waals surface area contributed by atoms with Gasteiger partial charge in [-0.2, -0.15) is 0 Å². The van der Waals surface area contributed by atoms with Crippen molar-refractivity contribution in [3.63, 3.8) is 0 Å². The van der Waals surface area contributed by atoms with Crippen molar-refractivity contribution in [3.05, 3.63) is 109 Å². The van der Waals surface area contributed by atoms with E-state index in [1.165, 1.54) is 25.7 Å². The minimum atomic E-state index is -0.815. The van der Waals surface area contributed by atoms with Gasteiger partial charge in [0.05, 0.1) is 0 Å². The number of esters is 3. The Morgan fingerprint density at radius 3 is 1.11 bits per heavy atom. The Morgan fingerprint density at radius 1 is 0.339 bits per heavy atom. The molecule has 6 heteroatoms. The number of hydrogen-bond donors (Lipinski definition) is 0. The summed E-state index contributed by atoms with van der Waals surface area (Å²) in [6.07, 6.45) is 66.4. The number of allylic oxidation sites excluding steroid dienone is 18. The van der Waals surface area contributed by atoms with Gasteiger partial charge < -0.3 is 14.2 Å². The van der Waals surface area contributed by atoms with Crippen LogP contribution in [0.4, 0.5) is 0 Å². The zero-order chi connectivity index (χ0) is 45.1. The summed E-state index contributed by atoms with van der Waals surface area (Å²) in [4.78, 5) is 37.9. The fraction of sp³-hybridized carbons (Fsp3) is 0.625. The fourth-order valence-electron chi connectivity index (χ4n) is 6.24. The SMILES string of the molecule is CC/C=C\C/C=C\C/C=C\C/C=C\C/C=C\CCCC(=O)OCC(COC(=O)CCCCCCC/C=C\C/C=C\CCC)OC(=O)CCCCCCC/C=C\C/C=C\CCCC. The lowest BCUT2D eigenvalue weighted by molar-refractivity contribution is -0.167. The second-order valence-electron chi connectivity index (χ2n) is 16.0. The Bertz CT molecular complexity index is 1310. The van der Waals surface area contributed by atoms with E-state index in [0.717, 1.165) is 135 Å². The smallest absolute Gasteiger partial charge is 0.306 e. The highest BCUT2D eigenvalue weighted by molar-refractivity contribution is 5.71. The Kier molecular flexibility index (Phi) is 46.6. The van der Waals surface area contributed by atoms with Crippen molar-refractivity contribution in [1.82, 2.24) is 0 Å². The summed E-state index contributed by atoms with van der Waals surface area (Å²) in [5, 5.41) is 0. The maximum atomic E-state index is 12.8. The van der Waals surface area contributed by atoms with Gasteiger partial charge in [0.15, 0.2) is 6.10 Å². The summed E-state index contributed by atoms with van der Waals surface area (Å²) in [6.45, 7) is 6.32. The molecule has 0 fully saturated rings. The van der Waals surface area contributed by atoms with Gasteiger partial charge in [-0.05, 0) is 109 Å². The number of carbonyl (C=O) groups excluding carboxylic acids is 3. The van der Waals surface area contributed by atoms with Gasteiger partial charge in [0.2, 0.25) is 0 Å². The van der Waals surface area contributed by atoms with Gasteiger partial charge in [-0.15, -0.1) is 0 Å².